The van der Waals surface area contributed by atoms with Gasteiger partial charge in [0.05, 0.1) is 12.7 Å². The Bertz CT molecular complexity index is 1500. The van der Waals surface area contributed by atoms with Gasteiger partial charge in [0.1, 0.15) is 11.3 Å². The number of methoxy groups -OCH3 is 1. The van der Waals surface area contributed by atoms with E-state index in [9.17, 15) is 4.79 Å². The van der Waals surface area contributed by atoms with Crippen LogP contribution >= 0.6 is 0 Å². The van der Waals surface area contributed by atoms with Crippen molar-refractivity contribution in [2.45, 2.75) is 26.2 Å². The zero-order chi connectivity index (χ0) is 23.7. The van der Waals surface area contributed by atoms with Crippen LogP contribution in [0.15, 0.2) is 83.3 Å². The van der Waals surface area contributed by atoms with Gasteiger partial charge < -0.3 is 14.5 Å². The highest BCUT2D eigenvalue weighted by atomic mass is 16.5. The summed E-state index contributed by atoms with van der Waals surface area (Å²) in [6.07, 6.45) is 1.07. The number of amides is 1. The summed E-state index contributed by atoms with van der Waals surface area (Å²) in [7, 11) is 1.57. The maximum atomic E-state index is 13.1. The molecule has 0 saturated heterocycles. The molecular formula is C29H26N2O3. The molecule has 1 atom stereocenters. The van der Waals surface area contributed by atoms with Crippen LogP contribution in [-0.4, -0.2) is 18.0 Å². The lowest BCUT2D eigenvalue weighted by molar-refractivity contribution is 0.102. The quantitative estimate of drug-likeness (QED) is 0.292. The zero-order valence-corrected chi connectivity index (χ0v) is 19.5. The van der Waals surface area contributed by atoms with Gasteiger partial charge in [-0.05, 0) is 71.1 Å². The van der Waals surface area contributed by atoms with Gasteiger partial charge in [-0.15, -0.1) is 0 Å². The third-order valence-electron chi connectivity index (χ3n) is 6.27. The Kier molecular flexibility index (Phi) is 5.76. The molecule has 1 N–H and O–H groups in total. The number of hydrogen-bond donors (Lipinski definition) is 1. The second-order valence-corrected chi connectivity index (χ2v) is 8.49. The fourth-order valence-corrected chi connectivity index (χ4v) is 4.10. The molecule has 0 aliphatic heterocycles. The highest BCUT2D eigenvalue weighted by Crippen LogP contribution is 2.30. The Morgan fingerprint density at radius 3 is 2.56 bits per heavy atom. The largest absolute Gasteiger partial charge is 0.496 e. The summed E-state index contributed by atoms with van der Waals surface area (Å²) in [6, 6.07) is 25.3. The van der Waals surface area contributed by atoms with E-state index in [2.05, 4.69) is 31.3 Å². The van der Waals surface area contributed by atoms with Gasteiger partial charge in [-0.1, -0.05) is 50.2 Å². The zero-order valence-electron chi connectivity index (χ0n) is 19.5. The van der Waals surface area contributed by atoms with E-state index >= 15 is 0 Å². The van der Waals surface area contributed by atoms with E-state index in [1.807, 2.05) is 66.7 Å². The Hall–Kier alpha value is -4.12. The number of carbonyl (C=O) groups is 1. The fraction of sp³-hybridized carbons (Fsp3) is 0.172. The summed E-state index contributed by atoms with van der Waals surface area (Å²) < 4.78 is 11.5. The predicted molar refractivity (Wildman–Crippen MR) is 137 cm³/mol. The Morgan fingerprint density at radius 1 is 1.00 bits per heavy atom. The number of nitrogens with one attached hydrogen (secondary N) is 1. The molecule has 1 unspecified atom stereocenters. The molecule has 0 bridgehead atoms. The number of carbonyl (C=O) groups excluding carboxylic acids is 1. The smallest absolute Gasteiger partial charge is 0.259 e. The number of anilines is 1. The van der Waals surface area contributed by atoms with Crippen LogP contribution in [0.4, 0.5) is 5.69 Å². The topological polar surface area (TPSA) is 64.4 Å². The lowest BCUT2D eigenvalue weighted by Gasteiger charge is -2.11. The van der Waals surface area contributed by atoms with Gasteiger partial charge in [0, 0.05) is 11.3 Å². The van der Waals surface area contributed by atoms with Gasteiger partial charge in [-0.2, -0.15) is 0 Å². The van der Waals surface area contributed by atoms with E-state index in [4.69, 9.17) is 14.1 Å². The first-order valence-electron chi connectivity index (χ1n) is 11.4. The van der Waals surface area contributed by atoms with Crippen LogP contribution in [0.25, 0.3) is 33.3 Å². The van der Waals surface area contributed by atoms with Gasteiger partial charge in [-0.3, -0.25) is 4.79 Å². The number of fused-ring (bicyclic) bond motifs is 2. The van der Waals surface area contributed by atoms with Crippen LogP contribution in [0.3, 0.4) is 0 Å². The van der Waals surface area contributed by atoms with Gasteiger partial charge in [-0.25, -0.2) is 4.98 Å². The van der Waals surface area contributed by atoms with Crippen LogP contribution in [0, 0.1) is 0 Å². The van der Waals surface area contributed by atoms with Crippen molar-refractivity contribution in [2.75, 3.05) is 12.4 Å². The number of oxazole rings is 1. The molecule has 5 aromatic rings. The molecule has 5 nitrogen and oxygen atoms in total. The summed E-state index contributed by atoms with van der Waals surface area (Å²) >= 11 is 0. The molecule has 5 rings (SSSR count). The van der Waals surface area contributed by atoms with Crippen LogP contribution < -0.4 is 10.1 Å². The number of hydrogen-bond acceptors (Lipinski definition) is 4. The van der Waals surface area contributed by atoms with Crippen molar-refractivity contribution in [1.29, 1.82) is 0 Å². The molecular weight excluding hydrogens is 424 g/mol. The van der Waals surface area contributed by atoms with Crippen LogP contribution in [0.1, 0.15) is 42.1 Å². The SMILES string of the molecule is CCC(C)c1ccc2oc(-c3cccc(NC(=O)c4cc5ccccc5cc4OC)c3)nc2c1. The van der Waals surface area contributed by atoms with Crippen molar-refractivity contribution in [1.82, 2.24) is 4.98 Å². The normalized spacial score (nSPS) is 12.1. The first-order valence-corrected chi connectivity index (χ1v) is 11.4. The van der Waals surface area contributed by atoms with E-state index in [1.165, 1.54) is 5.56 Å². The van der Waals surface area contributed by atoms with Gasteiger partial charge in [0.25, 0.3) is 5.91 Å². The van der Waals surface area contributed by atoms with Crippen molar-refractivity contribution < 1.29 is 13.9 Å². The highest BCUT2D eigenvalue weighted by Gasteiger charge is 2.16. The fourth-order valence-electron chi connectivity index (χ4n) is 4.10. The molecule has 0 saturated carbocycles. The molecule has 170 valence electrons. The number of aromatic nitrogens is 1. The van der Waals surface area contributed by atoms with E-state index in [0.29, 0.717) is 28.8 Å². The predicted octanol–water partition coefficient (Wildman–Crippen LogP) is 7.42. The number of benzene rings is 4. The third kappa shape index (κ3) is 4.13. The monoisotopic (exact) mass is 450 g/mol. The Labute approximate surface area is 198 Å². The van der Waals surface area contributed by atoms with Gasteiger partial charge in [0.2, 0.25) is 5.89 Å². The molecule has 4 aromatic carbocycles. The second-order valence-electron chi connectivity index (χ2n) is 8.49. The molecule has 0 fully saturated rings. The minimum absolute atomic E-state index is 0.240. The van der Waals surface area contributed by atoms with E-state index in [1.54, 1.807) is 7.11 Å². The minimum atomic E-state index is -0.240. The number of nitrogens with zero attached hydrogens (tertiary/aromatic N) is 1. The summed E-state index contributed by atoms with van der Waals surface area (Å²) in [5.74, 6) is 1.28. The van der Waals surface area contributed by atoms with Crippen LogP contribution in [0.5, 0.6) is 5.75 Å². The molecule has 34 heavy (non-hydrogen) atoms. The van der Waals surface area contributed by atoms with Gasteiger partial charge in [0.15, 0.2) is 5.58 Å². The molecule has 0 aliphatic carbocycles. The van der Waals surface area contributed by atoms with E-state index in [-0.39, 0.29) is 5.91 Å². The highest BCUT2D eigenvalue weighted by molar-refractivity contribution is 6.09. The summed E-state index contributed by atoms with van der Waals surface area (Å²) in [4.78, 5) is 17.8. The molecule has 1 heterocycles. The van der Waals surface area contributed by atoms with Crippen molar-refractivity contribution in [2.24, 2.45) is 0 Å². The van der Waals surface area contributed by atoms with Crippen LogP contribution in [-0.2, 0) is 0 Å². The minimum Gasteiger partial charge on any atom is -0.496 e. The average molecular weight is 451 g/mol. The number of ether oxygens (including phenoxy) is 1. The molecule has 0 radical (unpaired) electrons. The lowest BCUT2D eigenvalue weighted by Crippen LogP contribution is -2.13. The molecule has 1 amide bonds. The second kappa shape index (κ2) is 9.02. The van der Waals surface area contributed by atoms with E-state index in [0.717, 1.165) is 33.9 Å². The Balaban J connectivity index is 1.44. The molecule has 0 spiro atoms. The van der Waals surface area contributed by atoms with Crippen molar-refractivity contribution >= 4 is 33.5 Å². The van der Waals surface area contributed by atoms with E-state index < -0.39 is 0 Å². The van der Waals surface area contributed by atoms with Crippen molar-refractivity contribution in [3.63, 3.8) is 0 Å². The number of rotatable bonds is 6. The summed E-state index contributed by atoms with van der Waals surface area (Å²) in [5, 5.41) is 4.98. The van der Waals surface area contributed by atoms with Gasteiger partial charge >= 0.3 is 0 Å². The summed E-state index contributed by atoms with van der Waals surface area (Å²) in [5.41, 5.74) is 4.76. The maximum absolute atomic E-state index is 13.1. The third-order valence-corrected chi connectivity index (χ3v) is 6.27. The first kappa shape index (κ1) is 21.7. The lowest BCUT2D eigenvalue weighted by atomic mass is 9.98. The Morgan fingerprint density at radius 2 is 1.79 bits per heavy atom. The standard InChI is InChI=1S/C29H26N2O3/c1-4-18(2)19-12-13-26-25(16-19)31-29(34-26)22-10-7-11-23(14-22)30-28(32)24-15-20-8-5-6-9-21(20)17-27(24)33-3/h5-18H,4H2,1-3H3,(H,30,32). The van der Waals surface area contributed by atoms with Crippen molar-refractivity contribution in [3.05, 3.63) is 90.0 Å². The molecule has 5 heteroatoms. The maximum Gasteiger partial charge on any atom is 0.259 e. The first-order chi connectivity index (χ1) is 16.6. The summed E-state index contributed by atoms with van der Waals surface area (Å²) in [6.45, 7) is 4.38. The van der Waals surface area contributed by atoms with Crippen molar-refractivity contribution in [3.8, 4) is 17.2 Å². The molecule has 0 aliphatic rings. The van der Waals surface area contributed by atoms with Crippen LogP contribution in [0.2, 0.25) is 0 Å². The average Bonchev–Trinajstić information content (AvgIpc) is 3.31. The molecule has 1 aromatic heterocycles.